The number of likely N-dealkylation sites (N-methyl/N-ethyl adjacent to an activating group) is 1. The first-order chi connectivity index (χ1) is 8.17. The Morgan fingerprint density at radius 3 is 2.35 bits per heavy atom. The summed E-state index contributed by atoms with van der Waals surface area (Å²) in [5.74, 6) is 0. The van der Waals surface area contributed by atoms with Gasteiger partial charge in [-0.15, -0.1) is 0 Å². The second-order valence-corrected chi connectivity index (χ2v) is 4.62. The summed E-state index contributed by atoms with van der Waals surface area (Å²) in [5, 5.41) is 3.51. The zero-order valence-corrected chi connectivity index (χ0v) is 11.7. The number of rotatable bonds is 7. The van der Waals surface area contributed by atoms with Crippen LogP contribution in [-0.2, 0) is 6.54 Å². The Labute approximate surface area is 106 Å². The first-order valence-corrected chi connectivity index (χ1v) is 6.66. The van der Waals surface area contributed by atoms with Gasteiger partial charge in [0.25, 0.3) is 0 Å². The average Bonchev–Trinajstić information content (AvgIpc) is 2.34. The smallest absolute Gasteiger partial charge is 0.0206 e. The van der Waals surface area contributed by atoms with E-state index in [1.54, 1.807) is 0 Å². The third-order valence-electron chi connectivity index (χ3n) is 3.40. The minimum atomic E-state index is 0.975. The summed E-state index contributed by atoms with van der Waals surface area (Å²) < 4.78 is 0. The summed E-state index contributed by atoms with van der Waals surface area (Å²) in [4.78, 5) is 2.44. The molecule has 0 heterocycles. The molecule has 0 saturated carbocycles. The summed E-state index contributed by atoms with van der Waals surface area (Å²) in [6.07, 6.45) is 0. The van der Waals surface area contributed by atoms with Gasteiger partial charge in [-0.05, 0) is 43.6 Å². The van der Waals surface area contributed by atoms with E-state index in [0.29, 0.717) is 0 Å². The monoisotopic (exact) mass is 234 g/mol. The molecule has 0 saturated heterocycles. The van der Waals surface area contributed by atoms with Crippen LogP contribution in [0.1, 0.15) is 30.5 Å². The highest BCUT2D eigenvalue weighted by Gasteiger charge is 1.99. The molecule has 1 aromatic carbocycles. The van der Waals surface area contributed by atoms with Crippen molar-refractivity contribution in [1.29, 1.82) is 0 Å². The quantitative estimate of drug-likeness (QED) is 0.730. The fraction of sp³-hybridized carbons (Fsp3) is 0.600. The van der Waals surface area contributed by atoms with Crippen LogP contribution in [-0.4, -0.2) is 31.1 Å². The van der Waals surface area contributed by atoms with Crippen LogP contribution in [0.3, 0.4) is 0 Å². The van der Waals surface area contributed by atoms with Crippen molar-refractivity contribution >= 4 is 0 Å². The predicted octanol–water partition coefficient (Wildman–Crippen LogP) is 2.73. The fourth-order valence-corrected chi connectivity index (χ4v) is 1.92. The van der Waals surface area contributed by atoms with E-state index >= 15 is 0 Å². The lowest BCUT2D eigenvalue weighted by atomic mass is 10.1. The van der Waals surface area contributed by atoms with Gasteiger partial charge >= 0.3 is 0 Å². The first-order valence-electron chi connectivity index (χ1n) is 6.66. The predicted molar refractivity (Wildman–Crippen MR) is 75.4 cm³/mol. The Hall–Kier alpha value is -0.860. The van der Waals surface area contributed by atoms with Crippen molar-refractivity contribution in [2.45, 2.75) is 34.2 Å². The Bertz CT molecular complexity index is 330. The number of nitrogens with zero attached hydrogens (tertiary/aromatic N) is 1. The van der Waals surface area contributed by atoms with E-state index in [0.717, 1.165) is 32.7 Å². The number of benzene rings is 1. The normalized spacial score (nSPS) is 11.1. The lowest BCUT2D eigenvalue weighted by Crippen LogP contribution is -2.31. The van der Waals surface area contributed by atoms with Gasteiger partial charge in [0.15, 0.2) is 0 Å². The molecular formula is C15H26N2. The minimum Gasteiger partial charge on any atom is -0.311 e. The van der Waals surface area contributed by atoms with Gasteiger partial charge in [0, 0.05) is 19.6 Å². The van der Waals surface area contributed by atoms with Crippen molar-refractivity contribution in [3.05, 3.63) is 34.9 Å². The highest BCUT2D eigenvalue weighted by atomic mass is 15.1. The van der Waals surface area contributed by atoms with Crippen molar-refractivity contribution in [1.82, 2.24) is 10.2 Å². The molecule has 0 amide bonds. The molecule has 1 rings (SSSR count). The van der Waals surface area contributed by atoms with Crippen LogP contribution in [0.2, 0.25) is 0 Å². The molecular weight excluding hydrogens is 208 g/mol. The molecule has 0 aliphatic rings. The van der Waals surface area contributed by atoms with Crippen molar-refractivity contribution in [3.63, 3.8) is 0 Å². The summed E-state index contributed by atoms with van der Waals surface area (Å²) in [5.41, 5.74) is 4.14. The molecule has 2 nitrogen and oxygen atoms in total. The molecule has 2 heteroatoms. The highest BCUT2D eigenvalue weighted by molar-refractivity contribution is 5.29. The van der Waals surface area contributed by atoms with E-state index in [1.807, 2.05) is 0 Å². The van der Waals surface area contributed by atoms with E-state index < -0.39 is 0 Å². The van der Waals surface area contributed by atoms with E-state index in [9.17, 15) is 0 Å². The maximum atomic E-state index is 3.51. The number of nitrogens with one attached hydrogen (secondary N) is 1. The van der Waals surface area contributed by atoms with Crippen LogP contribution in [0.4, 0.5) is 0 Å². The topological polar surface area (TPSA) is 15.3 Å². The third-order valence-corrected chi connectivity index (χ3v) is 3.40. The van der Waals surface area contributed by atoms with Crippen molar-refractivity contribution in [2.24, 2.45) is 0 Å². The van der Waals surface area contributed by atoms with E-state index in [-0.39, 0.29) is 0 Å². The number of aryl methyl sites for hydroxylation is 2. The molecule has 17 heavy (non-hydrogen) atoms. The fourth-order valence-electron chi connectivity index (χ4n) is 1.92. The lowest BCUT2D eigenvalue weighted by Gasteiger charge is -2.18. The van der Waals surface area contributed by atoms with Gasteiger partial charge in [0.1, 0.15) is 0 Å². The van der Waals surface area contributed by atoms with Crippen molar-refractivity contribution in [3.8, 4) is 0 Å². The van der Waals surface area contributed by atoms with Gasteiger partial charge < -0.3 is 10.2 Å². The summed E-state index contributed by atoms with van der Waals surface area (Å²) >= 11 is 0. The zero-order valence-electron chi connectivity index (χ0n) is 11.7. The molecule has 0 spiro atoms. The highest BCUT2D eigenvalue weighted by Crippen LogP contribution is 2.09. The Kier molecular flexibility index (Phi) is 6.23. The van der Waals surface area contributed by atoms with Gasteiger partial charge in [-0.25, -0.2) is 0 Å². The van der Waals surface area contributed by atoms with Gasteiger partial charge in [-0.2, -0.15) is 0 Å². The molecule has 0 aliphatic carbocycles. The summed E-state index contributed by atoms with van der Waals surface area (Å²) in [6, 6.07) is 6.70. The van der Waals surface area contributed by atoms with Crippen LogP contribution in [0.5, 0.6) is 0 Å². The molecule has 0 bridgehead atoms. The van der Waals surface area contributed by atoms with E-state index in [1.165, 1.54) is 16.7 Å². The van der Waals surface area contributed by atoms with Crippen LogP contribution in [0.25, 0.3) is 0 Å². The standard InChI is InChI=1S/C15H26N2/c1-5-17(6-2)10-9-16-12-15-8-7-13(3)14(4)11-15/h7-8,11,16H,5-6,9-10,12H2,1-4H3. The molecule has 1 aromatic rings. The molecule has 1 N–H and O–H groups in total. The van der Waals surface area contributed by atoms with Crippen LogP contribution < -0.4 is 5.32 Å². The largest absolute Gasteiger partial charge is 0.311 e. The third kappa shape index (κ3) is 4.88. The van der Waals surface area contributed by atoms with E-state index in [2.05, 4.69) is 56.1 Å². The van der Waals surface area contributed by atoms with Gasteiger partial charge in [0.05, 0.1) is 0 Å². The van der Waals surface area contributed by atoms with Crippen molar-refractivity contribution < 1.29 is 0 Å². The zero-order chi connectivity index (χ0) is 12.7. The summed E-state index contributed by atoms with van der Waals surface area (Å²) in [6.45, 7) is 14.2. The molecule has 0 atom stereocenters. The molecule has 0 fully saturated rings. The second kappa shape index (κ2) is 7.46. The number of hydrogen-bond donors (Lipinski definition) is 1. The molecule has 0 radical (unpaired) electrons. The number of hydrogen-bond acceptors (Lipinski definition) is 2. The Morgan fingerprint density at radius 2 is 1.76 bits per heavy atom. The average molecular weight is 234 g/mol. The molecule has 0 aliphatic heterocycles. The summed E-state index contributed by atoms with van der Waals surface area (Å²) in [7, 11) is 0. The van der Waals surface area contributed by atoms with Gasteiger partial charge in [-0.3, -0.25) is 0 Å². The van der Waals surface area contributed by atoms with Crippen LogP contribution >= 0.6 is 0 Å². The lowest BCUT2D eigenvalue weighted by molar-refractivity contribution is 0.302. The SMILES string of the molecule is CCN(CC)CCNCc1ccc(C)c(C)c1. The first kappa shape index (κ1) is 14.2. The second-order valence-electron chi connectivity index (χ2n) is 4.62. The molecule has 96 valence electrons. The van der Waals surface area contributed by atoms with Crippen molar-refractivity contribution in [2.75, 3.05) is 26.2 Å². The Morgan fingerprint density at radius 1 is 1.06 bits per heavy atom. The maximum absolute atomic E-state index is 3.51. The van der Waals surface area contributed by atoms with Gasteiger partial charge in [-0.1, -0.05) is 32.0 Å². The molecule has 0 unspecified atom stereocenters. The van der Waals surface area contributed by atoms with Crippen LogP contribution in [0.15, 0.2) is 18.2 Å². The van der Waals surface area contributed by atoms with Crippen LogP contribution in [0, 0.1) is 13.8 Å². The van der Waals surface area contributed by atoms with Gasteiger partial charge in [0.2, 0.25) is 0 Å². The Balaban J connectivity index is 2.28. The minimum absolute atomic E-state index is 0.975. The molecule has 0 aromatic heterocycles. The van der Waals surface area contributed by atoms with E-state index in [4.69, 9.17) is 0 Å². The maximum Gasteiger partial charge on any atom is 0.0206 e.